The first kappa shape index (κ1) is 20.4. The fraction of sp³-hybridized carbons (Fsp3) is 0.773. The van der Waals surface area contributed by atoms with E-state index in [2.05, 4.69) is 36.5 Å². The number of nitrogens with one attached hydrogen (secondary N) is 2. The normalized spacial score (nSPS) is 23.0. The highest BCUT2D eigenvalue weighted by Crippen LogP contribution is 2.27. The third-order valence-corrected chi connectivity index (χ3v) is 6.40. The molecule has 0 aromatic carbocycles. The van der Waals surface area contributed by atoms with Crippen LogP contribution in [-0.4, -0.2) is 66.1 Å². The van der Waals surface area contributed by atoms with Crippen molar-refractivity contribution >= 4 is 17.5 Å². The van der Waals surface area contributed by atoms with Crippen molar-refractivity contribution in [1.82, 2.24) is 20.2 Å². The summed E-state index contributed by atoms with van der Waals surface area (Å²) in [6, 6.07) is 2.67. The molecule has 1 amide bonds. The standard InChI is InChI=1S/C22H36N6O/c29-22(23-10-14-27-11-2-1-3-12-27)9-6-18-5-4-13-28(16-18)21-15-20(24-17-25-21)26-19-7-8-19/h15,17-19H,1-14,16H2,(H,23,29)(H,24,25,26)/t18-/m0/s1. The highest BCUT2D eigenvalue weighted by Gasteiger charge is 2.24. The fourth-order valence-corrected chi connectivity index (χ4v) is 4.50. The second kappa shape index (κ2) is 10.2. The van der Waals surface area contributed by atoms with E-state index in [0.717, 1.165) is 50.7 Å². The minimum Gasteiger partial charge on any atom is -0.367 e. The molecule has 160 valence electrons. The van der Waals surface area contributed by atoms with Crippen LogP contribution in [0.4, 0.5) is 11.6 Å². The Kier molecular flexibility index (Phi) is 7.19. The van der Waals surface area contributed by atoms with Gasteiger partial charge < -0.3 is 20.4 Å². The van der Waals surface area contributed by atoms with E-state index >= 15 is 0 Å². The third kappa shape index (κ3) is 6.56. The van der Waals surface area contributed by atoms with E-state index in [1.165, 1.54) is 51.6 Å². The van der Waals surface area contributed by atoms with Crippen LogP contribution >= 0.6 is 0 Å². The molecule has 3 aliphatic rings. The van der Waals surface area contributed by atoms with E-state index in [1.807, 2.05) is 0 Å². The van der Waals surface area contributed by atoms with Gasteiger partial charge in [-0.2, -0.15) is 0 Å². The Morgan fingerprint density at radius 3 is 2.76 bits per heavy atom. The van der Waals surface area contributed by atoms with Gasteiger partial charge in [-0.15, -0.1) is 0 Å². The zero-order valence-corrected chi connectivity index (χ0v) is 17.6. The smallest absolute Gasteiger partial charge is 0.220 e. The highest BCUT2D eigenvalue weighted by molar-refractivity contribution is 5.75. The summed E-state index contributed by atoms with van der Waals surface area (Å²) in [5, 5.41) is 6.58. The fourth-order valence-electron chi connectivity index (χ4n) is 4.50. The van der Waals surface area contributed by atoms with E-state index in [1.54, 1.807) is 6.33 Å². The molecule has 1 aliphatic carbocycles. The number of likely N-dealkylation sites (tertiary alicyclic amines) is 1. The lowest BCUT2D eigenvalue weighted by atomic mass is 9.93. The quantitative estimate of drug-likeness (QED) is 0.664. The number of carbonyl (C=O) groups excluding carboxylic acids is 1. The van der Waals surface area contributed by atoms with Crippen molar-refractivity contribution in [2.24, 2.45) is 5.92 Å². The van der Waals surface area contributed by atoms with Crippen molar-refractivity contribution in [3.63, 3.8) is 0 Å². The van der Waals surface area contributed by atoms with Gasteiger partial charge in [0.2, 0.25) is 5.91 Å². The molecule has 1 aromatic rings. The van der Waals surface area contributed by atoms with Gasteiger partial charge in [0.05, 0.1) is 0 Å². The van der Waals surface area contributed by atoms with Crippen molar-refractivity contribution in [1.29, 1.82) is 0 Å². The van der Waals surface area contributed by atoms with E-state index in [4.69, 9.17) is 0 Å². The summed E-state index contributed by atoms with van der Waals surface area (Å²) in [5.74, 6) is 2.72. The first-order chi connectivity index (χ1) is 14.3. The maximum Gasteiger partial charge on any atom is 0.220 e. The molecule has 3 fully saturated rings. The van der Waals surface area contributed by atoms with Gasteiger partial charge in [-0.3, -0.25) is 4.79 Å². The van der Waals surface area contributed by atoms with Crippen LogP contribution in [0.25, 0.3) is 0 Å². The predicted molar refractivity (Wildman–Crippen MR) is 116 cm³/mol. The zero-order chi connectivity index (χ0) is 19.9. The SMILES string of the molecule is O=C(CC[C@@H]1CCCN(c2cc(NC3CC3)ncn2)C1)NCCN1CCCCC1. The molecule has 4 rings (SSSR count). The summed E-state index contributed by atoms with van der Waals surface area (Å²) in [6.07, 6.45) is 12.1. The largest absolute Gasteiger partial charge is 0.367 e. The first-order valence-corrected chi connectivity index (χ1v) is 11.6. The molecule has 7 nitrogen and oxygen atoms in total. The summed E-state index contributed by atoms with van der Waals surface area (Å²) < 4.78 is 0. The van der Waals surface area contributed by atoms with Crippen molar-refractivity contribution < 1.29 is 4.79 Å². The van der Waals surface area contributed by atoms with Crippen molar-refractivity contribution in [2.75, 3.05) is 49.5 Å². The Hall–Kier alpha value is -1.89. The lowest BCUT2D eigenvalue weighted by Crippen LogP contribution is -2.38. The van der Waals surface area contributed by atoms with Crippen LogP contribution in [0.5, 0.6) is 0 Å². The number of amides is 1. The molecule has 0 unspecified atom stereocenters. The summed E-state index contributed by atoms with van der Waals surface area (Å²) in [6.45, 7) is 6.18. The Balaban J connectivity index is 1.17. The molecular weight excluding hydrogens is 364 g/mol. The summed E-state index contributed by atoms with van der Waals surface area (Å²) in [4.78, 5) is 25.9. The molecule has 29 heavy (non-hydrogen) atoms. The first-order valence-electron chi connectivity index (χ1n) is 11.6. The van der Waals surface area contributed by atoms with Crippen LogP contribution in [0.2, 0.25) is 0 Å². The Morgan fingerprint density at radius 1 is 1.07 bits per heavy atom. The summed E-state index contributed by atoms with van der Waals surface area (Å²) in [5.41, 5.74) is 0. The van der Waals surface area contributed by atoms with E-state index in [9.17, 15) is 4.79 Å². The minimum atomic E-state index is 0.206. The number of nitrogens with zero attached hydrogens (tertiary/aromatic N) is 4. The average Bonchev–Trinajstić information content (AvgIpc) is 3.57. The number of rotatable bonds is 9. The van der Waals surface area contributed by atoms with Crippen LogP contribution in [0.15, 0.2) is 12.4 Å². The molecule has 0 bridgehead atoms. The van der Waals surface area contributed by atoms with Crippen LogP contribution in [-0.2, 0) is 4.79 Å². The number of hydrogen-bond acceptors (Lipinski definition) is 6. The highest BCUT2D eigenvalue weighted by atomic mass is 16.1. The van der Waals surface area contributed by atoms with Gasteiger partial charge in [-0.25, -0.2) is 9.97 Å². The second-order valence-electron chi connectivity index (χ2n) is 8.93. The summed E-state index contributed by atoms with van der Waals surface area (Å²) in [7, 11) is 0. The third-order valence-electron chi connectivity index (χ3n) is 6.40. The number of hydrogen-bond donors (Lipinski definition) is 2. The van der Waals surface area contributed by atoms with Crippen LogP contribution in [0.1, 0.15) is 57.8 Å². The topological polar surface area (TPSA) is 73.4 Å². The number of anilines is 2. The van der Waals surface area contributed by atoms with Crippen LogP contribution in [0.3, 0.4) is 0 Å². The predicted octanol–water partition coefficient (Wildman–Crippen LogP) is 2.65. The molecule has 0 spiro atoms. The van der Waals surface area contributed by atoms with Crippen LogP contribution in [0, 0.1) is 5.92 Å². The molecular formula is C22H36N6O. The molecule has 2 N–H and O–H groups in total. The van der Waals surface area contributed by atoms with Crippen molar-refractivity contribution in [3.8, 4) is 0 Å². The Morgan fingerprint density at radius 2 is 1.93 bits per heavy atom. The Labute approximate surface area is 174 Å². The zero-order valence-electron chi connectivity index (χ0n) is 17.6. The molecule has 2 saturated heterocycles. The molecule has 1 saturated carbocycles. The van der Waals surface area contributed by atoms with Gasteiger partial charge >= 0.3 is 0 Å². The van der Waals surface area contributed by atoms with E-state index < -0.39 is 0 Å². The molecule has 1 aromatic heterocycles. The lowest BCUT2D eigenvalue weighted by Gasteiger charge is -2.33. The van der Waals surface area contributed by atoms with Gasteiger partial charge in [0, 0.05) is 44.7 Å². The van der Waals surface area contributed by atoms with Gasteiger partial charge in [0.15, 0.2) is 0 Å². The number of aromatic nitrogens is 2. The van der Waals surface area contributed by atoms with Crippen molar-refractivity contribution in [3.05, 3.63) is 12.4 Å². The molecule has 2 aliphatic heterocycles. The maximum atomic E-state index is 12.3. The molecule has 0 radical (unpaired) electrons. The number of piperidine rings is 2. The summed E-state index contributed by atoms with van der Waals surface area (Å²) >= 11 is 0. The van der Waals surface area contributed by atoms with Gasteiger partial charge in [0.1, 0.15) is 18.0 Å². The minimum absolute atomic E-state index is 0.206. The lowest BCUT2D eigenvalue weighted by molar-refractivity contribution is -0.121. The van der Waals surface area contributed by atoms with Gasteiger partial charge in [-0.1, -0.05) is 6.42 Å². The van der Waals surface area contributed by atoms with Crippen LogP contribution < -0.4 is 15.5 Å². The monoisotopic (exact) mass is 400 g/mol. The van der Waals surface area contributed by atoms with E-state index in [0.29, 0.717) is 18.4 Å². The second-order valence-corrected chi connectivity index (χ2v) is 8.93. The van der Waals surface area contributed by atoms with Gasteiger partial charge in [-0.05, 0) is 64.0 Å². The number of carbonyl (C=O) groups is 1. The molecule has 7 heteroatoms. The molecule has 1 atom stereocenters. The van der Waals surface area contributed by atoms with Crippen molar-refractivity contribution in [2.45, 2.75) is 63.8 Å². The molecule has 3 heterocycles. The van der Waals surface area contributed by atoms with E-state index in [-0.39, 0.29) is 5.91 Å². The Bertz CT molecular complexity index is 658. The average molecular weight is 401 g/mol. The van der Waals surface area contributed by atoms with Gasteiger partial charge in [0.25, 0.3) is 0 Å². The maximum absolute atomic E-state index is 12.3.